The molecule has 3 rings (SSSR count). The number of aromatic hydroxyl groups is 1. The predicted molar refractivity (Wildman–Crippen MR) is 111 cm³/mol. The number of aryl methyl sites for hydroxylation is 2. The van der Waals surface area contributed by atoms with Gasteiger partial charge in [-0.05, 0) is 48.7 Å². The summed E-state index contributed by atoms with van der Waals surface area (Å²) >= 11 is 0. The number of hydrogen-bond donors (Lipinski definition) is 3. The second kappa shape index (κ2) is 8.48. The number of anilines is 2. The molecule has 0 atom stereocenters. The molecule has 0 saturated heterocycles. The molecule has 3 aromatic rings. The third kappa shape index (κ3) is 4.26. The van der Waals surface area contributed by atoms with Gasteiger partial charge in [-0.1, -0.05) is 36.4 Å². The van der Waals surface area contributed by atoms with Gasteiger partial charge in [0.15, 0.2) is 0 Å². The molecule has 1 amide bonds. The summed E-state index contributed by atoms with van der Waals surface area (Å²) < 4.78 is 5.26. The maximum Gasteiger partial charge on any atom is 0.259 e. The fourth-order valence-corrected chi connectivity index (χ4v) is 3.05. The van der Waals surface area contributed by atoms with Crippen LogP contribution in [0.2, 0.25) is 0 Å². The molecule has 28 heavy (non-hydrogen) atoms. The zero-order chi connectivity index (χ0) is 20.1. The van der Waals surface area contributed by atoms with Gasteiger partial charge < -0.3 is 20.5 Å². The molecular weight excluding hydrogens is 352 g/mol. The summed E-state index contributed by atoms with van der Waals surface area (Å²) in [7, 11) is 1.54. The van der Waals surface area contributed by atoms with Gasteiger partial charge in [0.05, 0.1) is 24.0 Å². The van der Waals surface area contributed by atoms with Gasteiger partial charge in [0, 0.05) is 12.6 Å². The second-order valence-electron chi connectivity index (χ2n) is 6.54. The van der Waals surface area contributed by atoms with E-state index in [0.29, 0.717) is 29.3 Å². The van der Waals surface area contributed by atoms with E-state index in [4.69, 9.17) is 4.74 Å². The van der Waals surface area contributed by atoms with Gasteiger partial charge in [-0.2, -0.15) is 0 Å². The molecule has 0 unspecified atom stereocenters. The Bertz CT molecular complexity index is 976. The first-order chi connectivity index (χ1) is 13.5. The average molecular weight is 375 g/mol. The lowest BCUT2D eigenvalue weighted by Crippen LogP contribution is -2.14. The number of amides is 1. The lowest BCUT2D eigenvalue weighted by molar-refractivity contribution is 0.102. The molecule has 5 nitrogen and oxygen atoms in total. The molecule has 0 heterocycles. The van der Waals surface area contributed by atoms with Crippen LogP contribution < -0.4 is 15.4 Å². The molecule has 0 aliphatic carbocycles. The van der Waals surface area contributed by atoms with Crippen LogP contribution in [0, 0.1) is 19.9 Å². The molecule has 0 aromatic heterocycles. The number of methoxy groups -OCH3 is 1. The van der Waals surface area contributed by atoms with Crippen LogP contribution in [0.15, 0.2) is 54.6 Å². The monoisotopic (exact) mass is 375 g/mol. The van der Waals surface area contributed by atoms with E-state index in [-0.39, 0.29) is 5.91 Å². The Hall–Kier alpha value is -3.47. The highest BCUT2D eigenvalue weighted by Crippen LogP contribution is 2.26. The van der Waals surface area contributed by atoms with Crippen LogP contribution in [0.25, 0.3) is 0 Å². The first-order valence-electron chi connectivity index (χ1n) is 8.97. The molecule has 3 aromatic carbocycles. The minimum atomic E-state index is -0.265. The molecule has 0 aliphatic heterocycles. The summed E-state index contributed by atoms with van der Waals surface area (Å²) in [4.78, 5) is 12.7. The topological polar surface area (TPSA) is 70.6 Å². The first kappa shape index (κ1) is 19.3. The first-order valence-corrected chi connectivity index (χ1v) is 8.97. The zero-order valence-corrected chi connectivity index (χ0v) is 16.2. The summed E-state index contributed by atoms with van der Waals surface area (Å²) in [5, 5.41) is 16.1. The number of hydrogen-bond acceptors (Lipinski definition) is 4. The lowest BCUT2D eigenvalue weighted by Gasteiger charge is -2.15. The summed E-state index contributed by atoms with van der Waals surface area (Å²) in [6.07, 6.45) is 0. The summed E-state index contributed by atoms with van der Waals surface area (Å²) in [6, 6.07) is 19.5. The van der Waals surface area contributed by atoms with Crippen LogP contribution in [0.1, 0.15) is 27.0 Å². The van der Waals surface area contributed by atoms with Gasteiger partial charge in [-0.3, -0.25) is 4.79 Å². The van der Waals surface area contributed by atoms with E-state index in [9.17, 15) is 9.90 Å². The van der Waals surface area contributed by atoms with E-state index in [1.807, 2.05) is 44.2 Å². The molecule has 0 fully saturated rings. The van der Waals surface area contributed by atoms with E-state index in [1.165, 1.54) is 7.11 Å². The fraction of sp³-hybridized carbons (Fsp3) is 0.174. The molecule has 143 valence electrons. The number of phenols is 1. The van der Waals surface area contributed by atoms with E-state index in [2.05, 4.69) is 16.7 Å². The Morgan fingerprint density at radius 3 is 2.54 bits per heavy atom. The Kier molecular flexibility index (Phi) is 5.84. The molecule has 0 bridgehead atoms. The molecule has 1 radical (unpaired) electrons. The normalized spacial score (nSPS) is 10.4. The molecule has 5 heteroatoms. The Morgan fingerprint density at radius 1 is 1.11 bits per heavy atom. The van der Waals surface area contributed by atoms with E-state index in [0.717, 1.165) is 22.4 Å². The lowest BCUT2D eigenvalue weighted by atomic mass is 10.1. The SMILES string of the molecule is COc1ccccc1C(=O)Nc1[c]cccc1NCc1cc(C)c(O)c(C)c1. The van der Waals surface area contributed by atoms with Crippen LogP contribution in [0.4, 0.5) is 11.4 Å². The Morgan fingerprint density at radius 2 is 1.82 bits per heavy atom. The Balaban J connectivity index is 1.77. The zero-order valence-electron chi connectivity index (χ0n) is 16.2. The number of carbonyl (C=O) groups is 1. The van der Waals surface area contributed by atoms with Crippen molar-refractivity contribution < 1.29 is 14.6 Å². The van der Waals surface area contributed by atoms with Gasteiger partial charge in [0.2, 0.25) is 0 Å². The van der Waals surface area contributed by atoms with Crippen LogP contribution in [0.5, 0.6) is 11.5 Å². The van der Waals surface area contributed by atoms with Crippen molar-refractivity contribution in [3.8, 4) is 11.5 Å². The summed E-state index contributed by atoms with van der Waals surface area (Å²) in [5.74, 6) is 0.571. The van der Waals surface area contributed by atoms with Gasteiger partial charge in [0.1, 0.15) is 11.5 Å². The average Bonchev–Trinajstić information content (AvgIpc) is 2.71. The maximum atomic E-state index is 12.7. The third-order valence-electron chi connectivity index (χ3n) is 4.48. The fourth-order valence-electron chi connectivity index (χ4n) is 3.05. The second-order valence-corrected chi connectivity index (χ2v) is 6.54. The van der Waals surface area contributed by atoms with Crippen molar-refractivity contribution in [1.82, 2.24) is 0 Å². The van der Waals surface area contributed by atoms with Gasteiger partial charge in [-0.25, -0.2) is 0 Å². The predicted octanol–water partition coefficient (Wildman–Crippen LogP) is 4.68. The largest absolute Gasteiger partial charge is 0.507 e. The quantitative estimate of drug-likeness (QED) is 0.585. The van der Waals surface area contributed by atoms with Crippen molar-refractivity contribution in [2.45, 2.75) is 20.4 Å². The number of carbonyl (C=O) groups excluding carboxylic acids is 1. The van der Waals surface area contributed by atoms with Crippen molar-refractivity contribution >= 4 is 17.3 Å². The van der Waals surface area contributed by atoms with Crippen molar-refractivity contribution in [2.75, 3.05) is 17.7 Å². The highest BCUT2D eigenvalue weighted by Gasteiger charge is 2.13. The molecule has 0 saturated carbocycles. The number of nitrogens with one attached hydrogen (secondary N) is 2. The smallest absolute Gasteiger partial charge is 0.259 e. The van der Waals surface area contributed by atoms with E-state index in [1.54, 1.807) is 24.3 Å². The van der Waals surface area contributed by atoms with Crippen LogP contribution in [-0.4, -0.2) is 18.1 Å². The summed E-state index contributed by atoms with van der Waals surface area (Å²) in [6.45, 7) is 4.30. The molecular formula is C23H23N2O3. The van der Waals surface area contributed by atoms with E-state index < -0.39 is 0 Å². The number of rotatable bonds is 6. The maximum absolute atomic E-state index is 12.7. The van der Waals surface area contributed by atoms with Gasteiger partial charge >= 0.3 is 0 Å². The molecule has 3 N–H and O–H groups in total. The Labute approximate surface area is 165 Å². The van der Waals surface area contributed by atoms with Crippen LogP contribution in [-0.2, 0) is 6.54 Å². The number of ether oxygens (including phenoxy) is 1. The summed E-state index contributed by atoms with van der Waals surface area (Å²) in [5.41, 5.74) is 4.48. The number of para-hydroxylation sites is 2. The third-order valence-corrected chi connectivity index (χ3v) is 4.48. The van der Waals surface area contributed by atoms with E-state index >= 15 is 0 Å². The number of benzene rings is 3. The van der Waals surface area contributed by atoms with Gasteiger partial charge in [0.25, 0.3) is 5.91 Å². The van der Waals surface area contributed by atoms with Crippen LogP contribution in [0.3, 0.4) is 0 Å². The van der Waals surface area contributed by atoms with Crippen molar-refractivity contribution in [3.63, 3.8) is 0 Å². The highest BCUT2D eigenvalue weighted by atomic mass is 16.5. The minimum Gasteiger partial charge on any atom is -0.507 e. The van der Waals surface area contributed by atoms with Crippen LogP contribution >= 0.6 is 0 Å². The number of phenolic OH excluding ortho intramolecular Hbond substituents is 1. The molecule has 0 spiro atoms. The van der Waals surface area contributed by atoms with Crippen molar-refractivity contribution in [2.24, 2.45) is 0 Å². The highest BCUT2D eigenvalue weighted by molar-refractivity contribution is 6.07. The minimum absolute atomic E-state index is 0.265. The molecule has 0 aliphatic rings. The van der Waals surface area contributed by atoms with Crippen molar-refractivity contribution in [3.05, 3.63) is 82.9 Å². The van der Waals surface area contributed by atoms with Gasteiger partial charge in [-0.15, -0.1) is 0 Å². The standard InChI is InChI=1S/C23H23N2O3/c1-15-12-17(13-16(2)22(15)26)14-24-19-9-5-6-10-20(19)25-23(27)18-8-4-7-11-21(18)28-3/h4-9,11-13,24,26H,14H2,1-3H3,(H,25,27). The van der Waals surface area contributed by atoms with Crippen molar-refractivity contribution in [1.29, 1.82) is 0 Å².